The third kappa shape index (κ3) is 2.86. The number of hydrogen-bond acceptors (Lipinski definition) is 5. The van der Waals surface area contributed by atoms with Crippen LogP contribution in [0.4, 0.5) is 0 Å². The summed E-state index contributed by atoms with van der Waals surface area (Å²) in [6, 6.07) is 22.2. The van der Waals surface area contributed by atoms with Gasteiger partial charge in [0.25, 0.3) is 0 Å². The molecular formula is C20H16N6S. The molecule has 1 unspecified atom stereocenters. The zero-order valence-corrected chi connectivity index (χ0v) is 15.4. The molecule has 5 rings (SSSR count). The van der Waals surface area contributed by atoms with Crippen molar-refractivity contribution in [3.8, 4) is 22.8 Å². The summed E-state index contributed by atoms with van der Waals surface area (Å²) >= 11 is 1.66. The van der Waals surface area contributed by atoms with Crippen molar-refractivity contribution in [2.45, 2.75) is 17.3 Å². The van der Waals surface area contributed by atoms with E-state index in [-0.39, 0.29) is 5.25 Å². The number of fused-ring (bicyclic) bond motifs is 1. The standard InChI is InChI=1S/C20H16N6S/c1-13-18(15-10-6-3-7-11-15)25-26-19(23-24-20(26)27-13)17-12-16(21-22-17)14-8-4-2-5-9-14/h2-13H,1H3,(H,21,22). The fraction of sp³-hybridized carbons (Fsp3) is 0.100. The van der Waals surface area contributed by atoms with E-state index < -0.39 is 0 Å². The molecule has 27 heavy (non-hydrogen) atoms. The molecule has 0 radical (unpaired) electrons. The highest BCUT2D eigenvalue weighted by atomic mass is 32.2. The highest BCUT2D eigenvalue weighted by Gasteiger charge is 2.26. The largest absolute Gasteiger partial charge is 0.274 e. The quantitative estimate of drug-likeness (QED) is 0.588. The third-order valence-corrected chi connectivity index (χ3v) is 5.49. The number of aromatic amines is 1. The van der Waals surface area contributed by atoms with E-state index >= 15 is 0 Å². The van der Waals surface area contributed by atoms with Crippen LogP contribution in [-0.2, 0) is 0 Å². The predicted molar refractivity (Wildman–Crippen MR) is 107 cm³/mol. The summed E-state index contributed by atoms with van der Waals surface area (Å²) in [5.41, 5.74) is 4.83. The number of nitrogens with zero attached hydrogens (tertiary/aromatic N) is 5. The minimum absolute atomic E-state index is 0.207. The average molecular weight is 372 g/mol. The van der Waals surface area contributed by atoms with Gasteiger partial charge in [-0.25, -0.2) is 0 Å². The molecule has 2 aromatic heterocycles. The van der Waals surface area contributed by atoms with Gasteiger partial charge < -0.3 is 0 Å². The molecule has 0 spiro atoms. The molecule has 2 aromatic carbocycles. The second-order valence-corrected chi connectivity index (χ2v) is 7.57. The molecule has 1 N–H and O–H groups in total. The lowest BCUT2D eigenvalue weighted by Gasteiger charge is -2.19. The Labute approximate surface area is 160 Å². The van der Waals surface area contributed by atoms with Gasteiger partial charge in [-0.05, 0) is 18.6 Å². The summed E-state index contributed by atoms with van der Waals surface area (Å²) < 4.78 is 1.80. The molecule has 6 nitrogen and oxygen atoms in total. The van der Waals surface area contributed by atoms with E-state index in [1.807, 2.05) is 54.6 Å². The molecule has 0 saturated heterocycles. The van der Waals surface area contributed by atoms with Gasteiger partial charge in [-0.2, -0.15) is 14.9 Å². The molecule has 1 aliphatic rings. The van der Waals surface area contributed by atoms with Crippen LogP contribution in [0.2, 0.25) is 0 Å². The summed E-state index contributed by atoms with van der Waals surface area (Å²) in [5, 5.41) is 22.0. The molecule has 0 amide bonds. The molecule has 0 bridgehead atoms. The first-order valence-corrected chi connectivity index (χ1v) is 9.55. The van der Waals surface area contributed by atoms with Gasteiger partial charge in [0.15, 0.2) is 0 Å². The Kier molecular flexibility index (Phi) is 3.86. The van der Waals surface area contributed by atoms with Gasteiger partial charge >= 0.3 is 0 Å². The lowest BCUT2D eigenvalue weighted by Crippen LogP contribution is -2.21. The molecular weight excluding hydrogens is 356 g/mol. The van der Waals surface area contributed by atoms with Gasteiger partial charge in [0, 0.05) is 5.56 Å². The number of aromatic nitrogens is 5. The van der Waals surface area contributed by atoms with E-state index in [4.69, 9.17) is 5.10 Å². The maximum atomic E-state index is 4.85. The highest BCUT2D eigenvalue weighted by molar-refractivity contribution is 8.00. The van der Waals surface area contributed by atoms with Crippen molar-refractivity contribution < 1.29 is 0 Å². The van der Waals surface area contributed by atoms with Crippen molar-refractivity contribution in [1.29, 1.82) is 0 Å². The Hall–Kier alpha value is -3.19. The minimum Gasteiger partial charge on any atom is -0.274 e. The molecule has 0 fully saturated rings. The van der Waals surface area contributed by atoms with Gasteiger partial charge in [0.05, 0.1) is 16.7 Å². The molecule has 132 valence electrons. The van der Waals surface area contributed by atoms with Crippen LogP contribution in [-0.4, -0.2) is 36.0 Å². The van der Waals surface area contributed by atoms with Gasteiger partial charge in [0.1, 0.15) is 5.69 Å². The van der Waals surface area contributed by atoms with Crippen LogP contribution in [0.3, 0.4) is 0 Å². The van der Waals surface area contributed by atoms with E-state index in [2.05, 4.69) is 39.5 Å². The minimum atomic E-state index is 0.207. The van der Waals surface area contributed by atoms with Crippen LogP contribution in [0.25, 0.3) is 22.8 Å². The first kappa shape index (κ1) is 16.0. The fourth-order valence-corrected chi connectivity index (χ4v) is 4.02. The van der Waals surface area contributed by atoms with E-state index in [0.717, 1.165) is 33.4 Å². The number of benzene rings is 2. The van der Waals surface area contributed by atoms with Crippen molar-refractivity contribution in [3.05, 3.63) is 72.3 Å². The predicted octanol–water partition coefficient (Wildman–Crippen LogP) is 4.08. The fourth-order valence-electron chi connectivity index (χ4n) is 3.09. The lowest BCUT2D eigenvalue weighted by molar-refractivity contribution is 0.752. The van der Waals surface area contributed by atoms with Crippen LogP contribution in [0, 0.1) is 0 Å². The molecule has 0 aliphatic carbocycles. The highest BCUT2D eigenvalue weighted by Crippen LogP contribution is 2.33. The molecule has 7 heteroatoms. The van der Waals surface area contributed by atoms with Crippen LogP contribution in [0.5, 0.6) is 0 Å². The van der Waals surface area contributed by atoms with Crippen molar-refractivity contribution in [2.75, 3.05) is 0 Å². The zero-order chi connectivity index (χ0) is 18.2. The normalized spacial score (nSPS) is 16.0. The van der Waals surface area contributed by atoms with Crippen LogP contribution in [0.15, 0.2) is 77.0 Å². The molecule has 3 heterocycles. The van der Waals surface area contributed by atoms with Crippen molar-refractivity contribution in [2.24, 2.45) is 5.10 Å². The van der Waals surface area contributed by atoms with Gasteiger partial charge in [-0.15, -0.1) is 10.2 Å². The summed E-state index contributed by atoms with van der Waals surface area (Å²) in [4.78, 5) is 0. The average Bonchev–Trinajstić information content (AvgIpc) is 3.35. The first-order valence-electron chi connectivity index (χ1n) is 8.67. The smallest absolute Gasteiger partial charge is 0.213 e. The second kappa shape index (κ2) is 6.51. The van der Waals surface area contributed by atoms with Gasteiger partial charge in [0.2, 0.25) is 11.0 Å². The Morgan fingerprint density at radius 1 is 0.926 bits per heavy atom. The summed E-state index contributed by atoms with van der Waals surface area (Å²) in [7, 11) is 0. The molecule has 1 aliphatic heterocycles. The first-order chi connectivity index (χ1) is 13.3. The Balaban J connectivity index is 1.57. The van der Waals surface area contributed by atoms with Crippen molar-refractivity contribution in [1.82, 2.24) is 25.1 Å². The number of rotatable bonds is 3. The molecule has 4 aromatic rings. The number of thioether (sulfide) groups is 1. The number of H-pyrrole nitrogens is 1. The summed E-state index contributed by atoms with van der Waals surface area (Å²) in [6.07, 6.45) is 0. The van der Waals surface area contributed by atoms with Crippen molar-refractivity contribution >= 4 is 17.5 Å². The maximum absolute atomic E-state index is 4.85. The van der Waals surface area contributed by atoms with Crippen LogP contribution >= 0.6 is 11.8 Å². The Morgan fingerprint density at radius 2 is 1.63 bits per heavy atom. The monoisotopic (exact) mass is 372 g/mol. The van der Waals surface area contributed by atoms with Gasteiger partial charge in [-0.3, -0.25) is 5.10 Å². The second-order valence-electron chi connectivity index (χ2n) is 6.26. The van der Waals surface area contributed by atoms with Crippen molar-refractivity contribution in [3.63, 3.8) is 0 Å². The van der Waals surface area contributed by atoms with E-state index in [1.165, 1.54) is 0 Å². The molecule has 0 saturated carbocycles. The third-order valence-electron chi connectivity index (χ3n) is 4.44. The SMILES string of the molecule is CC1Sc2nnc(-c3cc(-c4ccccc4)n[nH]3)n2N=C1c1ccccc1. The van der Waals surface area contributed by atoms with E-state index in [9.17, 15) is 0 Å². The maximum Gasteiger partial charge on any atom is 0.213 e. The van der Waals surface area contributed by atoms with Crippen LogP contribution in [0.1, 0.15) is 12.5 Å². The van der Waals surface area contributed by atoms with E-state index in [0.29, 0.717) is 5.82 Å². The Bertz CT molecular complexity index is 1110. The molecule has 1 atom stereocenters. The van der Waals surface area contributed by atoms with E-state index in [1.54, 1.807) is 16.4 Å². The summed E-state index contributed by atoms with van der Waals surface area (Å²) in [6.45, 7) is 2.14. The zero-order valence-electron chi connectivity index (χ0n) is 14.6. The number of nitrogens with one attached hydrogen (secondary N) is 1. The Morgan fingerprint density at radius 3 is 2.37 bits per heavy atom. The topological polar surface area (TPSA) is 71.8 Å². The number of hydrogen-bond donors (Lipinski definition) is 1. The summed E-state index contributed by atoms with van der Waals surface area (Å²) in [5.74, 6) is 0.660. The van der Waals surface area contributed by atoms with Gasteiger partial charge in [-0.1, -0.05) is 72.4 Å². The van der Waals surface area contributed by atoms with Crippen LogP contribution < -0.4 is 0 Å². The lowest BCUT2D eigenvalue weighted by atomic mass is 10.1.